The summed E-state index contributed by atoms with van der Waals surface area (Å²) >= 11 is 0. The minimum atomic E-state index is -1.18. The smallest absolute Gasteiger partial charge is 0.352 e. The van der Waals surface area contributed by atoms with E-state index in [-0.39, 0.29) is 17.4 Å². The fourth-order valence-electron chi connectivity index (χ4n) is 2.74. The van der Waals surface area contributed by atoms with Gasteiger partial charge in [-0.2, -0.15) is 0 Å². The molecule has 1 aromatic rings. The number of phenolic OH excluding ortho intramolecular Hbond substituents is 1. The summed E-state index contributed by atoms with van der Waals surface area (Å²) in [5.74, 6) is -0.739. The maximum Gasteiger partial charge on any atom is 0.352 e. The summed E-state index contributed by atoms with van der Waals surface area (Å²) in [6, 6.07) is 6.10. The number of aromatic hydroxyl groups is 1. The van der Waals surface area contributed by atoms with E-state index in [1.807, 2.05) is 0 Å². The van der Waals surface area contributed by atoms with Crippen LogP contribution in [0.2, 0.25) is 0 Å². The van der Waals surface area contributed by atoms with Gasteiger partial charge in [0, 0.05) is 6.42 Å². The Morgan fingerprint density at radius 1 is 1.18 bits per heavy atom. The third-order valence-electron chi connectivity index (χ3n) is 3.96. The molecule has 0 aromatic heterocycles. The lowest BCUT2D eigenvalue weighted by atomic mass is 10.0. The molecule has 22 heavy (non-hydrogen) atoms. The largest absolute Gasteiger partial charge is 0.508 e. The van der Waals surface area contributed by atoms with Crippen molar-refractivity contribution in [3.8, 4) is 5.75 Å². The molecule has 1 aromatic carbocycles. The minimum absolute atomic E-state index is 0.106. The molecule has 0 bridgehead atoms. The van der Waals surface area contributed by atoms with E-state index in [1.54, 1.807) is 12.1 Å². The molecule has 1 saturated carbocycles. The lowest BCUT2D eigenvalue weighted by Gasteiger charge is -2.09. The summed E-state index contributed by atoms with van der Waals surface area (Å²) < 4.78 is 0. The van der Waals surface area contributed by atoms with Crippen LogP contribution in [0.4, 0.5) is 0 Å². The Labute approximate surface area is 129 Å². The summed E-state index contributed by atoms with van der Waals surface area (Å²) in [4.78, 5) is 23.1. The second kappa shape index (κ2) is 7.64. The van der Waals surface area contributed by atoms with Gasteiger partial charge in [0.25, 0.3) is 0 Å². The number of carboxylic acid groups (broad SMARTS) is 1. The van der Waals surface area contributed by atoms with Gasteiger partial charge in [0.2, 0.25) is 5.91 Å². The first-order valence-electron chi connectivity index (χ1n) is 7.58. The summed E-state index contributed by atoms with van der Waals surface area (Å²) in [7, 11) is 0. The molecule has 0 aliphatic heterocycles. The standard InChI is InChI=1S/C17H21NO4/c19-14-8-5-13(6-9-14)11-15(17(21)22)18-16(20)10-7-12-3-1-2-4-12/h5-6,8-9,11-12,19H,1-4,7,10H2,(H,18,20)(H,21,22). The van der Waals surface area contributed by atoms with Gasteiger partial charge in [-0.1, -0.05) is 37.8 Å². The topological polar surface area (TPSA) is 86.6 Å². The molecular formula is C17H21NO4. The molecule has 0 heterocycles. The number of rotatable bonds is 6. The van der Waals surface area contributed by atoms with Gasteiger partial charge in [-0.05, 0) is 36.1 Å². The highest BCUT2D eigenvalue weighted by Crippen LogP contribution is 2.28. The molecule has 0 radical (unpaired) electrons. The highest BCUT2D eigenvalue weighted by molar-refractivity contribution is 5.96. The molecule has 5 heteroatoms. The van der Waals surface area contributed by atoms with Crippen molar-refractivity contribution >= 4 is 18.0 Å². The molecular weight excluding hydrogens is 282 g/mol. The molecule has 5 nitrogen and oxygen atoms in total. The van der Waals surface area contributed by atoms with Crippen LogP contribution in [0.3, 0.4) is 0 Å². The molecule has 2 rings (SSSR count). The number of carbonyl (C=O) groups is 2. The zero-order valence-electron chi connectivity index (χ0n) is 12.4. The normalized spacial score (nSPS) is 15.7. The van der Waals surface area contributed by atoms with E-state index in [9.17, 15) is 19.8 Å². The molecule has 0 saturated heterocycles. The van der Waals surface area contributed by atoms with Crippen molar-refractivity contribution in [2.75, 3.05) is 0 Å². The fourth-order valence-corrected chi connectivity index (χ4v) is 2.74. The Morgan fingerprint density at radius 2 is 1.82 bits per heavy atom. The van der Waals surface area contributed by atoms with Crippen LogP contribution in [-0.4, -0.2) is 22.1 Å². The second-order valence-corrected chi connectivity index (χ2v) is 5.69. The van der Waals surface area contributed by atoms with E-state index >= 15 is 0 Å². The summed E-state index contributed by atoms with van der Waals surface area (Å²) in [5.41, 5.74) is 0.452. The van der Waals surface area contributed by atoms with Crippen molar-refractivity contribution in [2.24, 2.45) is 5.92 Å². The number of benzene rings is 1. The van der Waals surface area contributed by atoms with Crippen LogP contribution in [-0.2, 0) is 9.59 Å². The maximum atomic E-state index is 11.9. The van der Waals surface area contributed by atoms with Crippen molar-refractivity contribution in [1.82, 2.24) is 5.32 Å². The predicted molar refractivity (Wildman–Crippen MR) is 83.1 cm³/mol. The van der Waals surface area contributed by atoms with Gasteiger partial charge < -0.3 is 15.5 Å². The lowest BCUT2D eigenvalue weighted by molar-refractivity contribution is -0.134. The van der Waals surface area contributed by atoms with Crippen molar-refractivity contribution in [1.29, 1.82) is 0 Å². The first-order valence-corrected chi connectivity index (χ1v) is 7.58. The molecule has 1 fully saturated rings. The second-order valence-electron chi connectivity index (χ2n) is 5.69. The summed E-state index contributed by atoms with van der Waals surface area (Å²) in [6.45, 7) is 0. The summed E-state index contributed by atoms with van der Waals surface area (Å²) in [5, 5.41) is 20.9. The van der Waals surface area contributed by atoms with E-state index in [2.05, 4.69) is 5.32 Å². The number of aliphatic carboxylic acids is 1. The van der Waals surface area contributed by atoms with E-state index in [4.69, 9.17) is 0 Å². The van der Waals surface area contributed by atoms with Gasteiger partial charge in [0.1, 0.15) is 11.4 Å². The number of hydrogen-bond donors (Lipinski definition) is 3. The number of carboxylic acids is 1. The van der Waals surface area contributed by atoms with E-state index in [0.29, 0.717) is 17.9 Å². The van der Waals surface area contributed by atoms with Gasteiger partial charge in [-0.15, -0.1) is 0 Å². The zero-order valence-corrected chi connectivity index (χ0v) is 12.4. The molecule has 1 aliphatic rings. The third kappa shape index (κ3) is 4.91. The van der Waals surface area contributed by atoms with Gasteiger partial charge in [0.15, 0.2) is 0 Å². The van der Waals surface area contributed by atoms with Gasteiger partial charge in [-0.3, -0.25) is 4.79 Å². The number of carbonyl (C=O) groups excluding carboxylic acids is 1. The van der Waals surface area contributed by atoms with Crippen LogP contribution >= 0.6 is 0 Å². The molecule has 1 amide bonds. The Balaban J connectivity index is 1.94. The molecule has 0 spiro atoms. The summed E-state index contributed by atoms with van der Waals surface area (Å²) in [6.07, 6.45) is 7.35. The van der Waals surface area contributed by atoms with Crippen LogP contribution in [0, 0.1) is 5.92 Å². The van der Waals surface area contributed by atoms with Crippen LogP contribution in [0.15, 0.2) is 30.0 Å². The van der Waals surface area contributed by atoms with Crippen molar-refractivity contribution < 1.29 is 19.8 Å². The maximum absolute atomic E-state index is 11.9. The zero-order chi connectivity index (χ0) is 15.9. The highest BCUT2D eigenvalue weighted by atomic mass is 16.4. The van der Waals surface area contributed by atoms with E-state index in [1.165, 1.54) is 43.9 Å². The number of amides is 1. The van der Waals surface area contributed by atoms with Crippen LogP contribution in [0.5, 0.6) is 5.75 Å². The fraction of sp³-hybridized carbons (Fsp3) is 0.412. The van der Waals surface area contributed by atoms with E-state index in [0.717, 1.165) is 6.42 Å². The van der Waals surface area contributed by atoms with Crippen molar-refractivity contribution in [3.05, 3.63) is 35.5 Å². The van der Waals surface area contributed by atoms with E-state index < -0.39 is 5.97 Å². The number of hydrogen-bond acceptors (Lipinski definition) is 3. The average molecular weight is 303 g/mol. The Bertz CT molecular complexity index is 557. The number of nitrogens with one attached hydrogen (secondary N) is 1. The minimum Gasteiger partial charge on any atom is -0.508 e. The predicted octanol–water partition coefficient (Wildman–Crippen LogP) is 2.90. The molecule has 0 unspecified atom stereocenters. The quantitative estimate of drug-likeness (QED) is 0.705. The van der Waals surface area contributed by atoms with Gasteiger partial charge >= 0.3 is 5.97 Å². The van der Waals surface area contributed by atoms with Crippen LogP contribution < -0.4 is 5.32 Å². The van der Waals surface area contributed by atoms with Crippen LogP contribution in [0.25, 0.3) is 6.08 Å². The average Bonchev–Trinajstić information content (AvgIpc) is 3.00. The number of phenols is 1. The van der Waals surface area contributed by atoms with Crippen molar-refractivity contribution in [2.45, 2.75) is 38.5 Å². The Hall–Kier alpha value is -2.30. The van der Waals surface area contributed by atoms with Crippen molar-refractivity contribution in [3.63, 3.8) is 0 Å². The first-order chi connectivity index (χ1) is 10.5. The first kappa shape index (κ1) is 16.1. The van der Waals surface area contributed by atoms with Gasteiger partial charge in [0.05, 0.1) is 0 Å². The van der Waals surface area contributed by atoms with Gasteiger partial charge in [-0.25, -0.2) is 4.79 Å². The molecule has 0 atom stereocenters. The van der Waals surface area contributed by atoms with Crippen LogP contribution in [0.1, 0.15) is 44.1 Å². The highest BCUT2D eigenvalue weighted by Gasteiger charge is 2.17. The monoisotopic (exact) mass is 303 g/mol. The third-order valence-corrected chi connectivity index (χ3v) is 3.96. The molecule has 1 aliphatic carbocycles. The lowest BCUT2D eigenvalue weighted by Crippen LogP contribution is -2.27. The SMILES string of the molecule is O=C(CCC1CCCC1)NC(=Cc1ccc(O)cc1)C(=O)O. The Kier molecular flexibility index (Phi) is 5.58. The molecule has 3 N–H and O–H groups in total. The Morgan fingerprint density at radius 3 is 2.41 bits per heavy atom. The molecule has 118 valence electrons.